The van der Waals surface area contributed by atoms with Crippen molar-refractivity contribution >= 4 is 0 Å². The quantitative estimate of drug-likeness (QED) is 0.568. The molecule has 0 heterocycles. The van der Waals surface area contributed by atoms with Gasteiger partial charge in [0.05, 0.1) is 0 Å². The number of hydrogen-bond donors (Lipinski definition) is 0. The largest absolute Gasteiger partial charge is 0.0822 e. The Morgan fingerprint density at radius 1 is 1.50 bits per heavy atom. The number of fused-ring (bicyclic) bond motifs is 1. The maximum absolute atomic E-state index is 2.56. The molecule has 14 heavy (non-hydrogen) atoms. The number of hydrogen-bond acceptors (Lipinski definition) is 0. The summed E-state index contributed by atoms with van der Waals surface area (Å²) >= 11 is 0. The molecule has 4 atom stereocenters. The molecule has 0 aromatic carbocycles. The van der Waals surface area contributed by atoms with Crippen molar-refractivity contribution in [3.63, 3.8) is 0 Å². The lowest BCUT2D eigenvalue weighted by Crippen LogP contribution is -2.27. The Labute approximate surface area is 88.8 Å². The second kappa shape index (κ2) is 3.40. The predicted octanol–water partition coefficient (Wildman–Crippen LogP) is 4.42. The van der Waals surface area contributed by atoms with Crippen LogP contribution in [0.2, 0.25) is 0 Å². The Bertz CT molecular complexity index is 251. The van der Waals surface area contributed by atoms with Crippen LogP contribution in [-0.2, 0) is 0 Å². The average molecular weight is 192 g/mol. The topological polar surface area (TPSA) is 0 Å². The Morgan fingerprint density at radius 2 is 2.21 bits per heavy atom. The van der Waals surface area contributed by atoms with Gasteiger partial charge in [0, 0.05) is 0 Å². The predicted molar refractivity (Wildman–Crippen MR) is 62.2 cm³/mol. The van der Waals surface area contributed by atoms with E-state index in [0.29, 0.717) is 5.41 Å². The van der Waals surface area contributed by atoms with Crippen molar-refractivity contribution < 1.29 is 0 Å². The molecule has 1 saturated carbocycles. The van der Waals surface area contributed by atoms with Crippen LogP contribution in [0, 0.1) is 23.2 Å². The van der Waals surface area contributed by atoms with Gasteiger partial charge in [-0.15, -0.1) is 0 Å². The summed E-state index contributed by atoms with van der Waals surface area (Å²) in [5, 5.41) is 0. The lowest BCUT2D eigenvalue weighted by Gasteiger charge is -2.35. The van der Waals surface area contributed by atoms with Crippen molar-refractivity contribution in [1.82, 2.24) is 0 Å². The summed E-state index contributed by atoms with van der Waals surface area (Å²) in [5.41, 5.74) is 2.28. The molecule has 0 amide bonds. The highest BCUT2D eigenvalue weighted by molar-refractivity contribution is 5.18. The van der Waals surface area contributed by atoms with Gasteiger partial charge in [0.25, 0.3) is 0 Å². The normalized spacial score (nSPS) is 46.6. The molecule has 0 aromatic rings. The van der Waals surface area contributed by atoms with E-state index in [9.17, 15) is 0 Å². The first-order chi connectivity index (χ1) is 6.58. The first kappa shape index (κ1) is 10.3. The molecule has 80 valence electrons. The van der Waals surface area contributed by atoms with Crippen molar-refractivity contribution in [2.75, 3.05) is 0 Å². The third-order valence-electron chi connectivity index (χ3n) is 4.94. The monoisotopic (exact) mass is 192 g/mol. The molecular weight excluding hydrogens is 168 g/mol. The van der Waals surface area contributed by atoms with Crippen LogP contribution >= 0.6 is 0 Å². The molecular formula is C14H24. The molecule has 0 spiro atoms. The molecule has 2 aliphatic rings. The third kappa shape index (κ3) is 1.34. The summed E-state index contributed by atoms with van der Waals surface area (Å²) in [6.07, 6.45) is 8.16. The number of allylic oxidation sites excluding steroid dienone is 2. The zero-order valence-corrected chi connectivity index (χ0v) is 10.1. The molecule has 0 radical (unpaired) electrons. The highest BCUT2D eigenvalue weighted by Crippen LogP contribution is 2.58. The van der Waals surface area contributed by atoms with Crippen LogP contribution in [0.1, 0.15) is 53.4 Å². The molecule has 0 aliphatic heterocycles. The minimum Gasteiger partial charge on any atom is -0.0822 e. The van der Waals surface area contributed by atoms with Gasteiger partial charge >= 0.3 is 0 Å². The first-order valence-corrected chi connectivity index (χ1v) is 6.25. The van der Waals surface area contributed by atoms with Gasteiger partial charge in [-0.25, -0.2) is 0 Å². The molecule has 2 rings (SSSR count). The fourth-order valence-corrected chi connectivity index (χ4v) is 4.02. The molecule has 0 nitrogen and oxygen atoms in total. The number of rotatable bonds is 2. The molecule has 0 aromatic heterocycles. The fourth-order valence-electron chi connectivity index (χ4n) is 4.02. The van der Waals surface area contributed by atoms with Crippen LogP contribution in [0.25, 0.3) is 0 Å². The standard InChI is InChI=1S/C14H24/c1-5-6-14(4)11(3)9-12-7-10(2)8-13(12)14/h7,11-13H,5-6,8-9H2,1-4H3. The van der Waals surface area contributed by atoms with Gasteiger partial charge in [0.15, 0.2) is 0 Å². The lowest BCUT2D eigenvalue weighted by atomic mass is 9.70. The summed E-state index contributed by atoms with van der Waals surface area (Å²) in [5.74, 6) is 2.82. The van der Waals surface area contributed by atoms with E-state index in [1.807, 2.05) is 0 Å². The van der Waals surface area contributed by atoms with E-state index < -0.39 is 0 Å². The summed E-state index contributed by atoms with van der Waals surface area (Å²) in [6.45, 7) is 9.66. The highest BCUT2D eigenvalue weighted by Gasteiger charge is 2.49. The van der Waals surface area contributed by atoms with E-state index in [4.69, 9.17) is 0 Å². The Balaban J connectivity index is 2.19. The van der Waals surface area contributed by atoms with Crippen molar-refractivity contribution in [1.29, 1.82) is 0 Å². The second-order valence-corrected chi connectivity index (χ2v) is 5.88. The fraction of sp³-hybridized carbons (Fsp3) is 0.857. The van der Waals surface area contributed by atoms with Crippen molar-refractivity contribution in [2.45, 2.75) is 53.4 Å². The zero-order valence-electron chi connectivity index (χ0n) is 10.1. The van der Waals surface area contributed by atoms with Crippen LogP contribution in [-0.4, -0.2) is 0 Å². The van der Waals surface area contributed by atoms with Crippen molar-refractivity contribution in [3.8, 4) is 0 Å². The van der Waals surface area contributed by atoms with E-state index in [1.54, 1.807) is 5.57 Å². The molecule has 0 N–H and O–H groups in total. The Morgan fingerprint density at radius 3 is 2.86 bits per heavy atom. The summed E-state index contributed by atoms with van der Waals surface area (Å²) in [6, 6.07) is 0. The van der Waals surface area contributed by atoms with E-state index in [1.165, 1.54) is 25.7 Å². The summed E-state index contributed by atoms with van der Waals surface area (Å²) in [4.78, 5) is 0. The van der Waals surface area contributed by atoms with Gasteiger partial charge in [-0.3, -0.25) is 0 Å². The lowest BCUT2D eigenvalue weighted by molar-refractivity contribution is 0.147. The average Bonchev–Trinajstić information content (AvgIpc) is 2.55. The van der Waals surface area contributed by atoms with Gasteiger partial charge < -0.3 is 0 Å². The molecule has 0 heteroatoms. The smallest absolute Gasteiger partial charge is 0.0191 e. The van der Waals surface area contributed by atoms with Crippen LogP contribution in [0.15, 0.2) is 11.6 Å². The zero-order chi connectivity index (χ0) is 10.3. The maximum atomic E-state index is 2.56. The SMILES string of the molecule is CCCC1(C)C(C)CC2C=C(C)CC21. The molecule has 0 saturated heterocycles. The van der Waals surface area contributed by atoms with Crippen LogP contribution < -0.4 is 0 Å². The van der Waals surface area contributed by atoms with Gasteiger partial charge in [0.1, 0.15) is 0 Å². The van der Waals surface area contributed by atoms with E-state index in [0.717, 1.165) is 17.8 Å². The van der Waals surface area contributed by atoms with Gasteiger partial charge in [0.2, 0.25) is 0 Å². The van der Waals surface area contributed by atoms with E-state index in [-0.39, 0.29) is 0 Å². The van der Waals surface area contributed by atoms with E-state index in [2.05, 4.69) is 33.8 Å². The van der Waals surface area contributed by atoms with Gasteiger partial charge in [-0.1, -0.05) is 38.8 Å². The second-order valence-electron chi connectivity index (χ2n) is 5.88. The highest BCUT2D eigenvalue weighted by atomic mass is 14.5. The molecule has 0 bridgehead atoms. The molecule has 1 fully saturated rings. The van der Waals surface area contributed by atoms with Crippen molar-refractivity contribution in [2.24, 2.45) is 23.2 Å². The Kier molecular flexibility index (Phi) is 2.49. The Hall–Kier alpha value is -0.260. The van der Waals surface area contributed by atoms with Gasteiger partial charge in [-0.05, 0) is 49.4 Å². The van der Waals surface area contributed by atoms with Crippen LogP contribution in [0.5, 0.6) is 0 Å². The third-order valence-corrected chi connectivity index (χ3v) is 4.94. The summed E-state index contributed by atoms with van der Waals surface area (Å²) < 4.78 is 0. The first-order valence-electron chi connectivity index (χ1n) is 6.25. The van der Waals surface area contributed by atoms with Crippen LogP contribution in [0.3, 0.4) is 0 Å². The minimum atomic E-state index is 0.633. The van der Waals surface area contributed by atoms with Crippen molar-refractivity contribution in [3.05, 3.63) is 11.6 Å². The summed E-state index contributed by atoms with van der Waals surface area (Å²) in [7, 11) is 0. The van der Waals surface area contributed by atoms with Gasteiger partial charge in [-0.2, -0.15) is 0 Å². The molecule has 2 aliphatic carbocycles. The minimum absolute atomic E-state index is 0.633. The van der Waals surface area contributed by atoms with E-state index >= 15 is 0 Å². The maximum Gasteiger partial charge on any atom is -0.0191 e. The van der Waals surface area contributed by atoms with Crippen LogP contribution in [0.4, 0.5) is 0 Å². The molecule has 4 unspecified atom stereocenters.